The zero-order valence-electron chi connectivity index (χ0n) is 9.42. The zero-order chi connectivity index (χ0) is 10.3. The van der Waals surface area contributed by atoms with E-state index in [-0.39, 0.29) is 0 Å². The van der Waals surface area contributed by atoms with Crippen molar-refractivity contribution in [3.05, 3.63) is 0 Å². The second-order valence-electron chi connectivity index (χ2n) is 5.75. The number of rotatable bonds is 2. The monoisotopic (exact) mass is 228 g/mol. The van der Waals surface area contributed by atoms with Crippen molar-refractivity contribution < 1.29 is 0 Å². The lowest BCUT2D eigenvalue weighted by atomic mass is 9.80. The molecule has 3 heterocycles. The molecular weight excluding hydrogens is 208 g/mol. The van der Waals surface area contributed by atoms with Crippen LogP contribution in [0.1, 0.15) is 25.7 Å². The molecule has 3 rings (SSSR count). The molecule has 15 heavy (non-hydrogen) atoms. The van der Waals surface area contributed by atoms with Gasteiger partial charge in [0.2, 0.25) is 0 Å². The van der Waals surface area contributed by atoms with Gasteiger partial charge in [0.25, 0.3) is 0 Å². The van der Waals surface area contributed by atoms with E-state index in [4.69, 9.17) is 11.6 Å². The lowest BCUT2D eigenvalue weighted by Gasteiger charge is -2.37. The summed E-state index contributed by atoms with van der Waals surface area (Å²) in [4.78, 5) is 5.25. The van der Waals surface area contributed by atoms with E-state index in [9.17, 15) is 0 Å². The Labute approximate surface area is 97.6 Å². The van der Waals surface area contributed by atoms with E-state index in [1.807, 2.05) is 0 Å². The van der Waals surface area contributed by atoms with E-state index in [1.165, 1.54) is 58.4 Å². The highest BCUT2D eigenvalue weighted by Crippen LogP contribution is 2.40. The maximum Gasteiger partial charge on any atom is 0.0475 e. The minimum Gasteiger partial charge on any atom is -0.303 e. The smallest absolute Gasteiger partial charge is 0.0475 e. The molecule has 3 saturated heterocycles. The van der Waals surface area contributed by atoms with Gasteiger partial charge < -0.3 is 9.80 Å². The summed E-state index contributed by atoms with van der Waals surface area (Å²) in [7, 11) is 0. The van der Waals surface area contributed by atoms with Crippen molar-refractivity contribution in [2.75, 3.05) is 39.3 Å². The van der Waals surface area contributed by atoms with Gasteiger partial charge in [-0.25, -0.2) is 0 Å². The van der Waals surface area contributed by atoms with E-state index in [1.54, 1.807) is 0 Å². The van der Waals surface area contributed by atoms with Crippen molar-refractivity contribution in [1.82, 2.24) is 9.80 Å². The molecule has 0 aromatic rings. The maximum absolute atomic E-state index is 6.17. The lowest BCUT2D eigenvalue weighted by Crippen LogP contribution is -2.42. The first-order valence-corrected chi connectivity index (χ1v) is 6.78. The van der Waals surface area contributed by atoms with Crippen LogP contribution in [0.5, 0.6) is 0 Å². The standard InChI is InChI=1S/C12H21ClN2/c13-11-2-6-15(8-11)10-12-3-1-5-14(9-12)7-4-12/h11H,1-10H2. The summed E-state index contributed by atoms with van der Waals surface area (Å²) in [5.41, 5.74) is 0.638. The second kappa shape index (κ2) is 3.90. The van der Waals surface area contributed by atoms with Crippen LogP contribution in [0.25, 0.3) is 0 Å². The molecule has 86 valence electrons. The van der Waals surface area contributed by atoms with Gasteiger partial charge in [0.1, 0.15) is 0 Å². The molecule has 0 radical (unpaired) electrons. The molecule has 3 aliphatic rings. The van der Waals surface area contributed by atoms with Crippen LogP contribution in [0.15, 0.2) is 0 Å². The van der Waals surface area contributed by atoms with Gasteiger partial charge in [0.15, 0.2) is 0 Å². The summed E-state index contributed by atoms with van der Waals surface area (Å²) in [6, 6.07) is 0. The first kappa shape index (κ1) is 10.4. The van der Waals surface area contributed by atoms with Crippen LogP contribution >= 0.6 is 11.6 Å². The molecule has 3 aliphatic heterocycles. The van der Waals surface area contributed by atoms with Crippen molar-refractivity contribution in [3.63, 3.8) is 0 Å². The Bertz CT molecular complexity index is 242. The number of piperidine rings is 1. The van der Waals surface area contributed by atoms with Gasteiger partial charge in [-0.15, -0.1) is 11.6 Å². The lowest BCUT2D eigenvalue weighted by molar-refractivity contribution is 0.127. The molecule has 3 heteroatoms. The number of alkyl halides is 1. The third kappa shape index (κ3) is 2.04. The molecular formula is C12H21ClN2. The molecule has 3 unspecified atom stereocenters. The van der Waals surface area contributed by atoms with Gasteiger partial charge in [-0.3, -0.25) is 0 Å². The Hall–Kier alpha value is 0.210. The molecule has 2 bridgehead atoms. The topological polar surface area (TPSA) is 6.48 Å². The molecule has 0 aromatic carbocycles. The van der Waals surface area contributed by atoms with E-state index in [0.29, 0.717) is 10.8 Å². The molecule has 0 N–H and O–H groups in total. The molecule has 0 aliphatic carbocycles. The molecule has 0 spiro atoms. The van der Waals surface area contributed by atoms with E-state index in [0.717, 1.165) is 6.54 Å². The first-order valence-electron chi connectivity index (χ1n) is 6.35. The summed E-state index contributed by atoms with van der Waals surface area (Å²) >= 11 is 6.17. The van der Waals surface area contributed by atoms with Gasteiger partial charge in [-0.05, 0) is 50.7 Å². The third-order valence-electron chi connectivity index (χ3n) is 4.47. The molecule has 0 saturated carbocycles. The summed E-state index contributed by atoms with van der Waals surface area (Å²) in [5, 5.41) is 0.419. The third-order valence-corrected chi connectivity index (χ3v) is 4.83. The number of fused-ring (bicyclic) bond motifs is 2. The van der Waals surface area contributed by atoms with E-state index >= 15 is 0 Å². The molecule has 3 atom stereocenters. The largest absolute Gasteiger partial charge is 0.303 e. The molecule has 0 amide bonds. The highest BCUT2D eigenvalue weighted by Gasteiger charge is 2.42. The number of hydrogen-bond donors (Lipinski definition) is 0. The first-order chi connectivity index (χ1) is 7.26. The van der Waals surface area contributed by atoms with Crippen molar-refractivity contribution in [3.8, 4) is 0 Å². The maximum atomic E-state index is 6.17. The Morgan fingerprint density at radius 2 is 2.13 bits per heavy atom. The van der Waals surface area contributed by atoms with Crippen LogP contribution in [-0.2, 0) is 0 Å². The Balaban J connectivity index is 1.62. The summed E-state index contributed by atoms with van der Waals surface area (Å²) in [6.45, 7) is 7.72. The fourth-order valence-corrected chi connectivity index (χ4v) is 4.00. The Morgan fingerprint density at radius 3 is 2.93 bits per heavy atom. The molecule has 0 aromatic heterocycles. The average Bonchev–Trinajstić information content (AvgIpc) is 2.73. The fourth-order valence-electron chi connectivity index (χ4n) is 3.71. The van der Waals surface area contributed by atoms with Crippen LogP contribution < -0.4 is 0 Å². The van der Waals surface area contributed by atoms with Crippen molar-refractivity contribution in [1.29, 1.82) is 0 Å². The molecule has 2 nitrogen and oxygen atoms in total. The van der Waals surface area contributed by atoms with Gasteiger partial charge >= 0.3 is 0 Å². The second-order valence-corrected chi connectivity index (χ2v) is 6.37. The number of halogens is 1. The van der Waals surface area contributed by atoms with Crippen LogP contribution in [-0.4, -0.2) is 54.4 Å². The van der Waals surface area contributed by atoms with E-state index < -0.39 is 0 Å². The van der Waals surface area contributed by atoms with Crippen LogP contribution in [0.4, 0.5) is 0 Å². The van der Waals surface area contributed by atoms with Crippen molar-refractivity contribution >= 4 is 11.6 Å². The number of nitrogens with zero attached hydrogens (tertiary/aromatic N) is 2. The quantitative estimate of drug-likeness (QED) is 0.665. The number of hydrogen-bond acceptors (Lipinski definition) is 2. The fraction of sp³-hybridized carbons (Fsp3) is 1.00. The zero-order valence-corrected chi connectivity index (χ0v) is 10.2. The van der Waals surface area contributed by atoms with Gasteiger partial charge in [-0.1, -0.05) is 0 Å². The minimum absolute atomic E-state index is 0.419. The van der Waals surface area contributed by atoms with Crippen LogP contribution in [0.3, 0.4) is 0 Å². The molecule has 3 fully saturated rings. The summed E-state index contributed by atoms with van der Waals surface area (Å²) in [5.74, 6) is 0. The predicted molar refractivity (Wildman–Crippen MR) is 63.4 cm³/mol. The Kier molecular flexibility index (Phi) is 2.70. The van der Waals surface area contributed by atoms with Crippen molar-refractivity contribution in [2.45, 2.75) is 31.1 Å². The van der Waals surface area contributed by atoms with Gasteiger partial charge in [-0.2, -0.15) is 0 Å². The Morgan fingerprint density at radius 1 is 1.20 bits per heavy atom. The summed E-state index contributed by atoms with van der Waals surface area (Å²) in [6.07, 6.45) is 5.49. The number of likely N-dealkylation sites (tertiary alicyclic amines) is 1. The highest BCUT2D eigenvalue weighted by molar-refractivity contribution is 6.20. The van der Waals surface area contributed by atoms with Crippen LogP contribution in [0.2, 0.25) is 0 Å². The van der Waals surface area contributed by atoms with Crippen molar-refractivity contribution in [2.24, 2.45) is 5.41 Å². The van der Waals surface area contributed by atoms with Gasteiger partial charge in [0.05, 0.1) is 0 Å². The average molecular weight is 229 g/mol. The SMILES string of the molecule is ClC1CCN(CC23CCCN(CC2)C3)C1. The minimum atomic E-state index is 0.419. The highest BCUT2D eigenvalue weighted by atomic mass is 35.5. The van der Waals surface area contributed by atoms with Crippen LogP contribution in [0, 0.1) is 5.41 Å². The van der Waals surface area contributed by atoms with E-state index in [2.05, 4.69) is 9.80 Å². The normalized spacial score (nSPS) is 46.2. The predicted octanol–water partition coefficient (Wildman–Crippen LogP) is 1.79. The summed E-state index contributed by atoms with van der Waals surface area (Å²) < 4.78 is 0. The van der Waals surface area contributed by atoms with Gasteiger partial charge in [0, 0.05) is 25.0 Å².